The summed E-state index contributed by atoms with van der Waals surface area (Å²) in [5.74, 6) is 0.0475. The van der Waals surface area contributed by atoms with Gasteiger partial charge < -0.3 is 24.4 Å². The zero-order valence-corrected chi connectivity index (χ0v) is 18.3. The SMILES string of the molecule is CC1(C)CC(=O)c2c(O)cc(OCC(=O)N3CCN(c4cccc(Cl)c4)CC3)cc2O1. The van der Waals surface area contributed by atoms with Gasteiger partial charge in [0.1, 0.15) is 28.4 Å². The summed E-state index contributed by atoms with van der Waals surface area (Å²) in [6, 6.07) is 10.6. The number of anilines is 1. The van der Waals surface area contributed by atoms with Crippen LogP contribution >= 0.6 is 11.6 Å². The maximum Gasteiger partial charge on any atom is 0.260 e. The first-order chi connectivity index (χ1) is 14.7. The van der Waals surface area contributed by atoms with Gasteiger partial charge in [-0.1, -0.05) is 17.7 Å². The number of hydrogen-bond acceptors (Lipinski definition) is 6. The number of fused-ring (bicyclic) bond motifs is 1. The Morgan fingerprint density at radius 3 is 2.65 bits per heavy atom. The molecule has 1 N–H and O–H groups in total. The lowest BCUT2D eigenvalue weighted by Crippen LogP contribution is -2.50. The maximum absolute atomic E-state index is 12.6. The molecule has 2 heterocycles. The summed E-state index contributed by atoms with van der Waals surface area (Å²) in [5, 5.41) is 10.9. The van der Waals surface area contributed by atoms with Crippen LogP contribution in [0.2, 0.25) is 5.02 Å². The van der Waals surface area contributed by atoms with E-state index in [9.17, 15) is 14.7 Å². The number of carbonyl (C=O) groups is 2. The summed E-state index contributed by atoms with van der Waals surface area (Å²) in [6.45, 7) is 6.03. The average Bonchev–Trinajstić information content (AvgIpc) is 2.70. The van der Waals surface area contributed by atoms with E-state index < -0.39 is 5.60 Å². The molecule has 31 heavy (non-hydrogen) atoms. The molecule has 0 spiro atoms. The van der Waals surface area contributed by atoms with Crippen molar-refractivity contribution in [2.45, 2.75) is 25.9 Å². The van der Waals surface area contributed by atoms with E-state index in [4.69, 9.17) is 21.1 Å². The van der Waals surface area contributed by atoms with Gasteiger partial charge in [0, 0.05) is 49.0 Å². The van der Waals surface area contributed by atoms with Gasteiger partial charge in [0.25, 0.3) is 5.91 Å². The van der Waals surface area contributed by atoms with Gasteiger partial charge in [0.05, 0.1) is 6.42 Å². The number of rotatable bonds is 4. The first kappa shape index (κ1) is 21.3. The van der Waals surface area contributed by atoms with Gasteiger partial charge in [-0.25, -0.2) is 0 Å². The number of carbonyl (C=O) groups excluding carboxylic acids is 2. The van der Waals surface area contributed by atoms with Gasteiger partial charge in [0.2, 0.25) is 0 Å². The molecule has 164 valence electrons. The van der Waals surface area contributed by atoms with E-state index in [0.717, 1.165) is 5.69 Å². The highest BCUT2D eigenvalue weighted by atomic mass is 35.5. The van der Waals surface area contributed by atoms with Crippen LogP contribution in [0, 0.1) is 0 Å². The largest absolute Gasteiger partial charge is 0.507 e. The number of nitrogens with zero attached hydrogens (tertiary/aromatic N) is 2. The Hall–Kier alpha value is -2.93. The Morgan fingerprint density at radius 2 is 1.94 bits per heavy atom. The molecule has 2 aromatic carbocycles. The van der Waals surface area contributed by atoms with Crippen LogP contribution in [-0.4, -0.2) is 60.1 Å². The van der Waals surface area contributed by atoms with Crippen molar-refractivity contribution >= 4 is 29.0 Å². The van der Waals surface area contributed by atoms with E-state index in [1.807, 2.05) is 38.1 Å². The lowest BCUT2D eigenvalue weighted by atomic mass is 9.92. The van der Waals surface area contributed by atoms with Gasteiger partial charge in [-0.3, -0.25) is 9.59 Å². The molecular formula is C23H25ClN2O5. The van der Waals surface area contributed by atoms with Crippen LogP contribution in [0.1, 0.15) is 30.6 Å². The Bertz CT molecular complexity index is 1020. The molecular weight excluding hydrogens is 420 g/mol. The Balaban J connectivity index is 1.35. The number of aromatic hydroxyl groups is 1. The minimum atomic E-state index is -0.659. The number of piperazine rings is 1. The Kier molecular flexibility index (Phi) is 5.71. The van der Waals surface area contributed by atoms with Crippen molar-refractivity contribution in [3.05, 3.63) is 47.0 Å². The number of ether oxygens (including phenoxy) is 2. The predicted octanol–water partition coefficient (Wildman–Crippen LogP) is 3.52. The van der Waals surface area contributed by atoms with Crippen molar-refractivity contribution in [3.8, 4) is 17.2 Å². The Labute approximate surface area is 186 Å². The average molecular weight is 445 g/mol. The number of Topliss-reactive ketones (excluding diaryl/α,β-unsaturated/α-hetero) is 1. The van der Waals surface area contributed by atoms with Gasteiger partial charge in [-0.05, 0) is 32.0 Å². The number of hydrogen-bond donors (Lipinski definition) is 1. The van der Waals surface area contributed by atoms with Crippen molar-refractivity contribution in [1.82, 2.24) is 4.90 Å². The fourth-order valence-corrected chi connectivity index (χ4v) is 4.14. The van der Waals surface area contributed by atoms with Crippen molar-refractivity contribution in [2.75, 3.05) is 37.7 Å². The second kappa shape index (κ2) is 8.30. The molecule has 7 nitrogen and oxygen atoms in total. The molecule has 8 heteroatoms. The predicted molar refractivity (Wildman–Crippen MR) is 118 cm³/mol. The van der Waals surface area contributed by atoms with E-state index in [1.54, 1.807) is 11.0 Å². The van der Waals surface area contributed by atoms with E-state index >= 15 is 0 Å². The molecule has 4 rings (SSSR count). The molecule has 0 atom stereocenters. The molecule has 2 aromatic rings. The van der Waals surface area contributed by atoms with E-state index in [2.05, 4.69) is 4.90 Å². The quantitative estimate of drug-likeness (QED) is 0.777. The molecule has 2 aliphatic heterocycles. The normalized spacial score (nSPS) is 17.7. The number of halogens is 1. The van der Waals surface area contributed by atoms with Gasteiger partial charge >= 0.3 is 0 Å². The molecule has 1 saturated heterocycles. The standard InChI is InChI=1S/C23H25ClN2O5/c1-23(2)13-19(28)22-18(27)11-17(12-20(22)31-23)30-14-21(29)26-8-6-25(7-9-26)16-5-3-4-15(24)10-16/h3-5,10-12,27H,6-9,13-14H2,1-2H3. The molecule has 0 aromatic heterocycles. The van der Waals surface area contributed by atoms with Crippen LogP contribution in [0.15, 0.2) is 36.4 Å². The fourth-order valence-electron chi connectivity index (χ4n) is 3.95. The zero-order chi connectivity index (χ0) is 22.2. The number of amides is 1. The van der Waals surface area contributed by atoms with Gasteiger partial charge in [-0.15, -0.1) is 0 Å². The van der Waals surface area contributed by atoms with E-state index in [1.165, 1.54) is 6.07 Å². The highest BCUT2D eigenvalue weighted by Gasteiger charge is 2.35. The summed E-state index contributed by atoms with van der Waals surface area (Å²) >= 11 is 6.07. The topological polar surface area (TPSA) is 79.3 Å². The minimum absolute atomic E-state index is 0.139. The van der Waals surface area contributed by atoms with Crippen LogP contribution in [0.3, 0.4) is 0 Å². The molecule has 0 bridgehead atoms. The van der Waals surface area contributed by atoms with Gasteiger partial charge in [-0.2, -0.15) is 0 Å². The molecule has 0 radical (unpaired) electrons. The summed E-state index contributed by atoms with van der Waals surface area (Å²) in [4.78, 5) is 28.9. The van der Waals surface area contributed by atoms with Crippen molar-refractivity contribution in [3.63, 3.8) is 0 Å². The van der Waals surface area contributed by atoms with Gasteiger partial charge in [0.15, 0.2) is 12.4 Å². The van der Waals surface area contributed by atoms with Crippen LogP contribution in [0.25, 0.3) is 0 Å². The summed E-state index contributed by atoms with van der Waals surface area (Å²) in [5.41, 5.74) is 0.543. The van der Waals surface area contributed by atoms with Crippen LogP contribution in [0.4, 0.5) is 5.69 Å². The van der Waals surface area contributed by atoms with Crippen LogP contribution < -0.4 is 14.4 Å². The van der Waals surface area contributed by atoms with E-state index in [0.29, 0.717) is 31.2 Å². The lowest BCUT2D eigenvalue weighted by molar-refractivity contribution is -0.133. The molecule has 1 fully saturated rings. The monoisotopic (exact) mass is 444 g/mol. The third-order valence-electron chi connectivity index (χ3n) is 5.47. The highest BCUT2D eigenvalue weighted by Crippen LogP contribution is 2.40. The lowest BCUT2D eigenvalue weighted by Gasteiger charge is -2.36. The van der Waals surface area contributed by atoms with Crippen LogP contribution in [-0.2, 0) is 4.79 Å². The maximum atomic E-state index is 12.6. The first-order valence-corrected chi connectivity index (χ1v) is 10.6. The van der Waals surface area contributed by atoms with Crippen LogP contribution in [0.5, 0.6) is 17.2 Å². The second-order valence-electron chi connectivity index (χ2n) is 8.41. The molecule has 2 aliphatic rings. The number of benzene rings is 2. The zero-order valence-electron chi connectivity index (χ0n) is 17.6. The fraction of sp³-hybridized carbons (Fsp3) is 0.391. The smallest absolute Gasteiger partial charge is 0.260 e. The Morgan fingerprint density at radius 1 is 1.19 bits per heavy atom. The highest BCUT2D eigenvalue weighted by molar-refractivity contribution is 6.30. The third kappa shape index (κ3) is 4.71. The molecule has 0 saturated carbocycles. The summed E-state index contributed by atoms with van der Waals surface area (Å²) < 4.78 is 11.5. The number of ketones is 1. The summed E-state index contributed by atoms with van der Waals surface area (Å²) in [6.07, 6.45) is 0.188. The molecule has 0 aliphatic carbocycles. The molecule has 1 amide bonds. The van der Waals surface area contributed by atoms with Crippen molar-refractivity contribution in [1.29, 1.82) is 0 Å². The third-order valence-corrected chi connectivity index (χ3v) is 5.71. The second-order valence-corrected chi connectivity index (χ2v) is 8.85. The van der Waals surface area contributed by atoms with E-state index in [-0.39, 0.29) is 47.5 Å². The van der Waals surface area contributed by atoms with Crippen molar-refractivity contribution in [2.24, 2.45) is 0 Å². The molecule has 0 unspecified atom stereocenters. The minimum Gasteiger partial charge on any atom is -0.507 e. The number of phenols is 1. The first-order valence-electron chi connectivity index (χ1n) is 10.2. The summed E-state index contributed by atoms with van der Waals surface area (Å²) in [7, 11) is 0. The van der Waals surface area contributed by atoms with Crippen molar-refractivity contribution < 1.29 is 24.2 Å². The number of phenolic OH excluding ortho intramolecular Hbond substituents is 1.